The molecule has 0 aliphatic carbocycles. The highest BCUT2D eigenvalue weighted by atomic mass is 32.1. The van der Waals surface area contributed by atoms with E-state index >= 15 is 0 Å². The Balaban J connectivity index is 0.000000188. The molecule has 20 heteroatoms. The minimum absolute atomic E-state index is 0. The van der Waals surface area contributed by atoms with Crippen molar-refractivity contribution in [1.82, 2.24) is 19.9 Å². The number of alkyl halides is 6. The van der Waals surface area contributed by atoms with Crippen molar-refractivity contribution in [3.63, 3.8) is 0 Å². The molecule has 4 aromatic heterocycles. The third-order valence-electron chi connectivity index (χ3n) is 11.5. The SMILES string of the molecule is CN(C(=O)N1c2nc(-c3cccc(C(F)(F)F)c3)ccc2N2CC[C@H]1C2)c1ccccn1.O=C(Nc1ccccn1)N1c2nc(-c3cccc(C(F)(F)F)c3)ccc2N2CC[C@H]1C2.S.S. The predicted molar refractivity (Wildman–Crippen MR) is 248 cm³/mol. The lowest BCUT2D eigenvalue weighted by Gasteiger charge is -2.37. The molecular weight excluding hydrogens is 891 g/mol. The number of nitrogens with zero attached hydrogens (tertiary/aromatic N) is 9. The van der Waals surface area contributed by atoms with E-state index in [-0.39, 0.29) is 51.1 Å². The van der Waals surface area contributed by atoms with Gasteiger partial charge in [-0.05, 0) is 85.6 Å². The van der Waals surface area contributed by atoms with Crippen LogP contribution in [0, 0.1) is 0 Å². The van der Waals surface area contributed by atoms with Crippen LogP contribution < -0.4 is 29.8 Å². The Bertz CT molecular complexity index is 2680. The second-order valence-electron chi connectivity index (χ2n) is 15.4. The van der Waals surface area contributed by atoms with Gasteiger partial charge < -0.3 is 9.80 Å². The molecule has 2 atom stereocenters. The summed E-state index contributed by atoms with van der Waals surface area (Å²) in [5.41, 5.74) is 1.58. The van der Waals surface area contributed by atoms with Crippen LogP contribution in [0.1, 0.15) is 24.0 Å². The van der Waals surface area contributed by atoms with Gasteiger partial charge in [-0.2, -0.15) is 53.3 Å². The molecule has 338 valence electrons. The van der Waals surface area contributed by atoms with Crippen LogP contribution >= 0.6 is 27.0 Å². The maximum absolute atomic E-state index is 13.5. The van der Waals surface area contributed by atoms with Gasteiger partial charge in [0.1, 0.15) is 11.6 Å². The fraction of sp³-hybridized carbons (Fsp3) is 0.244. The van der Waals surface area contributed by atoms with Crippen LogP contribution in [0.15, 0.2) is 122 Å². The van der Waals surface area contributed by atoms with Crippen LogP contribution in [0.2, 0.25) is 0 Å². The second kappa shape index (κ2) is 18.5. The summed E-state index contributed by atoms with van der Waals surface area (Å²) in [6.45, 7) is 2.96. The molecule has 4 amide bonds. The third kappa shape index (κ3) is 9.35. The zero-order valence-corrected chi connectivity index (χ0v) is 36.6. The average Bonchev–Trinajstić information content (AvgIpc) is 3.91. The number of amides is 4. The molecule has 2 fully saturated rings. The lowest BCUT2D eigenvalue weighted by Crippen LogP contribution is -2.51. The van der Waals surface area contributed by atoms with Gasteiger partial charge in [-0.1, -0.05) is 36.4 Å². The number of carbonyl (C=O) groups is 2. The van der Waals surface area contributed by atoms with E-state index in [0.29, 0.717) is 58.9 Å². The second-order valence-corrected chi connectivity index (χ2v) is 15.4. The molecule has 12 nitrogen and oxygen atoms in total. The number of hydrogen-bond donors (Lipinski definition) is 1. The van der Waals surface area contributed by atoms with E-state index in [0.717, 1.165) is 61.6 Å². The summed E-state index contributed by atoms with van der Waals surface area (Å²) in [6.07, 6.45) is -4.11. The number of pyridine rings is 4. The highest BCUT2D eigenvalue weighted by molar-refractivity contribution is 7.59. The van der Waals surface area contributed by atoms with E-state index in [1.807, 2.05) is 12.1 Å². The molecule has 4 aliphatic heterocycles. The van der Waals surface area contributed by atoms with Crippen LogP contribution in [0.3, 0.4) is 0 Å². The van der Waals surface area contributed by atoms with Crippen LogP contribution in [-0.4, -0.2) is 77.3 Å². The van der Waals surface area contributed by atoms with Crippen molar-refractivity contribution < 1.29 is 35.9 Å². The summed E-state index contributed by atoms with van der Waals surface area (Å²) in [4.78, 5) is 53.3. The first kappa shape index (κ1) is 46.5. The van der Waals surface area contributed by atoms with Crippen molar-refractivity contribution in [1.29, 1.82) is 0 Å². The largest absolute Gasteiger partial charge is 0.416 e. The number of rotatable bonds is 4. The molecule has 4 aliphatic rings. The number of halogens is 6. The van der Waals surface area contributed by atoms with Gasteiger partial charge in [-0.25, -0.2) is 29.5 Å². The molecule has 10 rings (SSSR count). The lowest BCUT2D eigenvalue weighted by atomic mass is 10.1. The molecule has 4 bridgehead atoms. The zero-order chi connectivity index (χ0) is 44.0. The van der Waals surface area contributed by atoms with Gasteiger partial charge in [-0.15, -0.1) is 0 Å². The van der Waals surface area contributed by atoms with Gasteiger partial charge in [0.25, 0.3) is 0 Å². The molecule has 1 N–H and O–H groups in total. The summed E-state index contributed by atoms with van der Waals surface area (Å²) in [7, 11) is 1.66. The van der Waals surface area contributed by atoms with Crippen molar-refractivity contribution in [2.45, 2.75) is 37.3 Å². The first-order valence-corrected chi connectivity index (χ1v) is 20.1. The minimum Gasteiger partial charge on any atom is -0.366 e. The zero-order valence-electron chi connectivity index (χ0n) is 34.6. The smallest absolute Gasteiger partial charge is 0.366 e. The standard InChI is InChI=1S/C23H20F3N5O.C22H18F3N5O.2H2S/c1-29(20-7-2-3-11-27-20)22(32)31-17-10-12-30(14-17)19-9-8-18(28-21(19)31)15-5-4-6-16(13-15)23(24,25)26;23-22(24,25)15-5-3-4-14(12-15)17-7-8-18-20(27-17)30(16-9-11-29(18)13-16)21(31)28-19-6-1-2-10-26-19;;/h2-9,11,13,17H,10,12,14H2,1H3;1-8,10,12,16H,9,11,13H2,(H,26,28,31);2*1H2/t17-;16-;;/m00../s1. The van der Waals surface area contributed by atoms with E-state index in [4.69, 9.17) is 0 Å². The maximum Gasteiger partial charge on any atom is 0.416 e. The predicted octanol–water partition coefficient (Wildman–Crippen LogP) is 9.84. The molecule has 0 spiro atoms. The molecule has 0 radical (unpaired) electrons. The number of nitrogens with one attached hydrogen (secondary N) is 1. The Morgan fingerprint density at radius 2 is 1.14 bits per heavy atom. The Morgan fingerprint density at radius 1 is 0.631 bits per heavy atom. The number of benzene rings is 2. The molecule has 0 saturated carbocycles. The Kier molecular flexibility index (Phi) is 13.2. The fourth-order valence-electron chi connectivity index (χ4n) is 8.38. The summed E-state index contributed by atoms with van der Waals surface area (Å²) >= 11 is 0. The van der Waals surface area contributed by atoms with E-state index in [1.165, 1.54) is 17.0 Å². The van der Waals surface area contributed by atoms with Crippen molar-refractivity contribution >= 4 is 73.7 Å². The lowest BCUT2D eigenvalue weighted by molar-refractivity contribution is -0.138. The molecule has 6 aromatic rings. The summed E-state index contributed by atoms with van der Waals surface area (Å²) in [5.74, 6) is 1.83. The first-order chi connectivity index (χ1) is 30.2. The van der Waals surface area contributed by atoms with Crippen molar-refractivity contribution in [3.8, 4) is 22.5 Å². The summed E-state index contributed by atoms with van der Waals surface area (Å²) in [5, 5.41) is 2.79. The molecular formula is C45H42F6N10O2S2. The minimum atomic E-state index is -4.44. The van der Waals surface area contributed by atoms with Crippen LogP contribution in [0.4, 0.5) is 70.6 Å². The van der Waals surface area contributed by atoms with Gasteiger partial charge >= 0.3 is 24.4 Å². The van der Waals surface area contributed by atoms with Gasteiger partial charge in [0.2, 0.25) is 0 Å². The van der Waals surface area contributed by atoms with E-state index < -0.39 is 23.5 Å². The third-order valence-corrected chi connectivity index (χ3v) is 11.5. The van der Waals surface area contributed by atoms with E-state index in [9.17, 15) is 35.9 Å². The number of urea groups is 2. The van der Waals surface area contributed by atoms with Crippen LogP contribution in [0.25, 0.3) is 22.5 Å². The van der Waals surface area contributed by atoms with Crippen molar-refractivity contribution in [3.05, 3.63) is 133 Å². The van der Waals surface area contributed by atoms with Crippen LogP contribution in [0.5, 0.6) is 0 Å². The number of carbonyl (C=O) groups excluding carboxylic acids is 2. The van der Waals surface area contributed by atoms with E-state index in [2.05, 4.69) is 35.1 Å². The summed E-state index contributed by atoms with van der Waals surface area (Å²) < 4.78 is 79.0. The average molecular weight is 933 g/mol. The van der Waals surface area contributed by atoms with Crippen molar-refractivity contribution in [2.75, 3.05) is 63.0 Å². The quantitative estimate of drug-likeness (QED) is 0.174. The highest BCUT2D eigenvalue weighted by Gasteiger charge is 2.43. The van der Waals surface area contributed by atoms with Gasteiger partial charge in [-0.3, -0.25) is 20.0 Å². The highest BCUT2D eigenvalue weighted by Crippen LogP contribution is 2.43. The van der Waals surface area contributed by atoms with Gasteiger partial charge in [0.05, 0.1) is 46.0 Å². The first-order valence-electron chi connectivity index (χ1n) is 20.1. The van der Waals surface area contributed by atoms with Gasteiger partial charge in [0, 0.05) is 56.7 Å². The van der Waals surface area contributed by atoms with Crippen LogP contribution in [-0.2, 0) is 12.4 Å². The molecule has 65 heavy (non-hydrogen) atoms. The molecule has 2 saturated heterocycles. The number of anilines is 6. The van der Waals surface area contributed by atoms with E-state index in [1.54, 1.807) is 89.9 Å². The summed E-state index contributed by atoms with van der Waals surface area (Å²) in [6, 6.07) is 26.9. The topological polar surface area (TPSA) is 114 Å². The molecule has 8 heterocycles. The Labute approximate surface area is 383 Å². The number of fused-ring (bicyclic) bond motifs is 8. The Hall–Kier alpha value is -6.54. The normalized spacial score (nSPS) is 16.8. The maximum atomic E-state index is 13.5. The number of aromatic nitrogens is 4. The number of hydrogen-bond acceptors (Lipinski definition) is 8. The molecule has 2 aromatic carbocycles. The monoisotopic (exact) mass is 932 g/mol. The fourth-order valence-corrected chi connectivity index (χ4v) is 8.38. The van der Waals surface area contributed by atoms with Crippen molar-refractivity contribution in [2.24, 2.45) is 0 Å². The molecule has 0 unspecified atom stereocenters. The van der Waals surface area contributed by atoms with Gasteiger partial charge in [0.15, 0.2) is 11.6 Å². The Morgan fingerprint density at radius 3 is 1.63 bits per heavy atom.